The number of ketones is 1. The summed E-state index contributed by atoms with van der Waals surface area (Å²) in [7, 11) is 1.89. The molecule has 0 bridgehead atoms. The lowest BCUT2D eigenvalue weighted by molar-refractivity contribution is 0.0984. The Bertz CT molecular complexity index is 561. The summed E-state index contributed by atoms with van der Waals surface area (Å²) in [6, 6.07) is 7.39. The van der Waals surface area contributed by atoms with Crippen LogP contribution in [-0.2, 0) is 13.5 Å². The van der Waals surface area contributed by atoms with E-state index in [1.807, 2.05) is 50.6 Å². The highest BCUT2D eigenvalue weighted by atomic mass is 16.5. The van der Waals surface area contributed by atoms with Crippen LogP contribution in [0.1, 0.15) is 29.3 Å². The number of Topliss-reactive ketones (excluding diaryl/α,β-unsaturated/α-hetero) is 1. The van der Waals surface area contributed by atoms with E-state index in [0.717, 1.165) is 12.0 Å². The fourth-order valence-electron chi connectivity index (χ4n) is 1.89. The van der Waals surface area contributed by atoms with Gasteiger partial charge >= 0.3 is 0 Å². The van der Waals surface area contributed by atoms with E-state index >= 15 is 0 Å². The number of aromatic nitrogens is 2. The SMILES string of the molecule is CCC(=O)c1ccccc1OCCc1cnn(C)c1. The number of para-hydroxylation sites is 1. The van der Waals surface area contributed by atoms with Crippen LogP contribution < -0.4 is 4.74 Å². The summed E-state index contributed by atoms with van der Waals surface area (Å²) >= 11 is 0. The molecule has 1 aromatic heterocycles. The van der Waals surface area contributed by atoms with Crippen LogP contribution in [0.2, 0.25) is 0 Å². The molecular formula is C15H18N2O2. The Morgan fingerprint density at radius 1 is 1.37 bits per heavy atom. The van der Waals surface area contributed by atoms with Gasteiger partial charge in [-0.25, -0.2) is 0 Å². The summed E-state index contributed by atoms with van der Waals surface area (Å²) < 4.78 is 7.48. The van der Waals surface area contributed by atoms with Gasteiger partial charge in [0.05, 0.1) is 18.4 Å². The monoisotopic (exact) mass is 258 g/mol. The summed E-state index contributed by atoms with van der Waals surface area (Å²) in [4.78, 5) is 11.8. The molecular weight excluding hydrogens is 240 g/mol. The number of nitrogens with zero attached hydrogens (tertiary/aromatic N) is 2. The number of carbonyl (C=O) groups is 1. The number of rotatable bonds is 6. The van der Waals surface area contributed by atoms with E-state index in [0.29, 0.717) is 24.3 Å². The Morgan fingerprint density at radius 2 is 2.16 bits per heavy atom. The number of hydrogen-bond acceptors (Lipinski definition) is 3. The molecule has 2 rings (SSSR count). The lowest BCUT2D eigenvalue weighted by Gasteiger charge is -2.09. The normalized spacial score (nSPS) is 10.4. The third-order valence-corrected chi connectivity index (χ3v) is 2.92. The van der Waals surface area contributed by atoms with Crippen molar-refractivity contribution < 1.29 is 9.53 Å². The van der Waals surface area contributed by atoms with E-state index in [2.05, 4.69) is 5.10 Å². The molecule has 4 nitrogen and oxygen atoms in total. The average Bonchev–Trinajstić information content (AvgIpc) is 2.84. The van der Waals surface area contributed by atoms with Gasteiger partial charge in [0.1, 0.15) is 5.75 Å². The predicted molar refractivity (Wildman–Crippen MR) is 73.5 cm³/mol. The first-order chi connectivity index (χ1) is 9.20. The topological polar surface area (TPSA) is 44.1 Å². The van der Waals surface area contributed by atoms with E-state index in [1.54, 1.807) is 4.68 Å². The van der Waals surface area contributed by atoms with Gasteiger partial charge in [-0.05, 0) is 17.7 Å². The van der Waals surface area contributed by atoms with Crippen LogP contribution in [0, 0.1) is 0 Å². The Labute approximate surface area is 113 Å². The van der Waals surface area contributed by atoms with Crippen LogP contribution in [0.5, 0.6) is 5.75 Å². The highest BCUT2D eigenvalue weighted by Crippen LogP contribution is 2.19. The second-order valence-electron chi connectivity index (χ2n) is 4.39. The quantitative estimate of drug-likeness (QED) is 0.748. The molecule has 0 saturated heterocycles. The molecule has 0 N–H and O–H groups in total. The summed E-state index contributed by atoms with van der Waals surface area (Å²) in [5.41, 5.74) is 1.79. The van der Waals surface area contributed by atoms with Crippen molar-refractivity contribution in [2.75, 3.05) is 6.61 Å². The lowest BCUT2D eigenvalue weighted by atomic mass is 10.1. The van der Waals surface area contributed by atoms with Gasteiger partial charge in [0.2, 0.25) is 0 Å². The average molecular weight is 258 g/mol. The highest BCUT2D eigenvalue weighted by Gasteiger charge is 2.09. The van der Waals surface area contributed by atoms with Gasteiger partial charge in [0.15, 0.2) is 5.78 Å². The van der Waals surface area contributed by atoms with Crippen molar-refractivity contribution in [3.8, 4) is 5.75 Å². The zero-order valence-corrected chi connectivity index (χ0v) is 11.3. The second kappa shape index (κ2) is 6.18. The molecule has 1 aromatic carbocycles. The molecule has 0 unspecified atom stereocenters. The molecule has 0 radical (unpaired) electrons. The first kappa shape index (κ1) is 13.3. The molecule has 0 fully saturated rings. The zero-order valence-electron chi connectivity index (χ0n) is 11.3. The Kier molecular flexibility index (Phi) is 4.34. The Hall–Kier alpha value is -2.10. The van der Waals surface area contributed by atoms with Gasteiger partial charge in [-0.3, -0.25) is 9.48 Å². The zero-order chi connectivity index (χ0) is 13.7. The molecule has 1 heterocycles. The minimum Gasteiger partial charge on any atom is -0.492 e. The molecule has 0 saturated carbocycles. The highest BCUT2D eigenvalue weighted by molar-refractivity contribution is 5.98. The summed E-state index contributed by atoms with van der Waals surface area (Å²) in [6.45, 7) is 2.40. The van der Waals surface area contributed by atoms with E-state index in [-0.39, 0.29) is 5.78 Å². The maximum Gasteiger partial charge on any atom is 0.166 e. The molecule has 0 aliphatic heterocycles. The molecule has 19 heavy (non-hydrogen) atoms. The molecule has 4 heteroatoms. The van der Waals surface area contributed by atoms with Gasteiger partial charge in [0, 0.05) is 26.1 Å². The van der Waals surface area contributed by atoms with Crippen LogP contribution in [0.4, 0.5) is 0 Å². The maximum atomic E-state index is 11.8. The van der Waals surface area contributed by atoms with Gasteiger partial charge in [-0.15, -0.1) is 0 Å². The van der Waals surface area contributed by atoms with Gasteiger partial charge in [-0.2, -0.15) is 5.10 Å². The number of benzene rings is 1. The minimum absolute atomic E-state index is 0.108. The van der Waals surface area contributed by atoms with E-state index in [9.17, 15) is 4.79 Å². The van der Waals surface area contributed by atoms with Crippen LogP contribution in [0.25, 0.3) is 0 Å². The minimum atomic E-state index is 0.108. The molecule has 100 valence electrons. The fourth-order valence-corrected chi connectivity index (χ4v) is 1.89. The standard InChI is InChI=1S/C15H18N2O2/c1-3-14(18)13-6-4-5-7-15(13)19-9-8-12-10-16-17(2)11-12/h4-7,10-11H,3,8-9H2,1-2H3. The number of carbonyl (C=O) groups excluding carboxylic acids is 1. The smallest absolute Gasteiger partial charge is 0.166 e. The molecule has 2 aromatic rings. The fraction of sp³-hybridized carbons (Fsp3) is 0.333. The van der Waals surface area contributed by atoms with Gasteiger partial charge < -0.3 is 4.74 Å². The van der Waals surface area contributed by atoms with E-state index < -0.39 is 0 Å². The number of ether oxygens (including phenoxy) is 1. The Balaban J connectivity index is 1.97. The van der Waals surface area contributed by atoms with Crippen molar-refractivity contribution in [1.82, 2.24) is 9.78 Å². The first-order valence-corrected chi connectivity index (χ1v) is 6.43. The Morgan fingerprint density at radius 3 is 2.84 bits per heavy atom. The molecule has 0 aliphatic rings. The van der Waals surface area contributed by atoms with Crippen LogP contribution in [0.3, 0.4) is 0 Å². The van der Waals surface area contributed by atoms with Crippen molar-refractivity contribution in [3.05, 3.63) is 47.8 Å². The molecule has 0 amide bonds. The lowest BCUT2D eigenvalue weighted by Crippen LogP contribution is -2.06. The molecule has 0 atom stereocenters. The van der Waals surface area contributed by atoms with Gasteiger partial charge in [0.25, 0.3) is 0 Å². The van der Waals surface area contributed by atoms with Crippen molar-refractivity contribution in [1.29, 1.82) is 0 Å². The third-order valence-electron chi connectivity index (χ3n) is 2.92. The van der Waals surface area contributed by atoms with Crippen molar-refractivity contribution in [2.45, 2.75) is 19.8 Å². The molecule has 0 spiro atoms. The van der Waals surface area contributed by atoms with E-state index in [1.165, 1.54) is 0 Å². The van der Waals surface area contributed by atoms with E-state index in [4.69, 9.17) is 4.74 Å². The van der Waals surface area contributed by atoms with Crippen molar-refractivity contribution >= 4 is 5.78 Å². The number of aryl methyl sites for hydroxylation is 1. The summed E-state index contributed by atoms with van der Waals surface area (Å²) in [6.07, 6.45) is 5.06. The largest absolute Gasteiger partial charge is 0.492 e. The van der Waals surface area contributed by atoms with Crippen LogP contribution in [0.15, 0.2) is 36.7 Å². The van der Waals surface area contributed by atoms with Crippen molar-refractivity contribution in [3.63, 3.8) is 0 Å². The van der Waals surface area contributed by atoms with Crippen LogP contribution >= 0.6 is 0 Å². The second-order valence-corrected chi connectivity index (χ2v) is 4.39. The first-order valence-electron chi connectivity index (χ1n) is 6.43. The maximum absolute atomic E-state index is 11.8. The third kappa shape index (κ3) is 3.44. The predicted octanol–water partition coefficient (Wildman–Crippen LogP) is 2.63. The number of hydrogen-bond donors (Lipinski definition) is 0. The summed E-state index contributed by atoms with van der Waals surface area (Å²) in [5, 5.41) is 4.11. The van der Waals surface area contributed by atoms with Gasteiger partial charge in [-0.1, -0.05) is 19.1 Å². The van der Waals surface area contributed by atoms with Crippen molar-refractivity contribution in [2.24, 2.45) is 7.05 Å². The van der Waals surface area contributed by atoms with Crippen LogP contribution in [-0.4, -0.2) is 22.2 Å². The summed E-state index contributed by atoms with van der Waals surface area (Å²) in [5.74, 6) is 0.773. The molecule has 0 aliphatic carbocycles.